The highest BCUT2D eigenvalue weighted by molar-refractivity contribution is 6.37. The van der Waals surface area contributed by atoms with E-state index in [1.807, 2.05) is 12.1 Å². The molecule has 0 fully saturated rings. The maximum atomic E-state index is 13.5. The SMILES string of the molecule is Cc1nc(N)c2c(Cl)c(CCc3ccc(C(=O)N[C@@H](CCCNC(=O)c4ccc(NC(=O)[C@H](C)NC(=O)[C@@H](NC(=O)CCCCCN5C(=O)C=CC5=O)C(C)C)cc4-c4nn[nH]n4)C(=O)O)cc3)ccc2n1. The van der Waals surface area contributed by atoms with Gasteiger partial charge in [-0.05, 0) is 111 Å². The zero-order valence-corrected chi connectivity index (χ0v) is 40.8. The van der Waals surface area contributed by atoms with Crippen molar-refractivity contribution in [1.82, 2.24) is 56.8 Å². The lowest BCUT2D eigenvalue weighted by molar-refractivity contribution is -0.139. The molecule has 9 N–H and O–H groups in total. The zero-order valence-electron chi connectivity index (χ0n) is 40.1. The Balaban J connectivity index is 0.958. The van der Waals surface area contributed by atoms with Gasteiger partial charge in [-0.3, -0.25) is 38.5 Å². The van der Waals surface area contributed by atoms with Gasteiger partial charge in [-0.25, -0.2) is 14.8 Å². The Labute approximate surface area is 418 Å². The topological polar surface area (TPSA) is 326 Å². The molecule has 0 unspecified atom stereocenters. The number of hydrogen-bond donors (Lipinski definition) is 8. The molecule has 0 spiro atoms. The van der Waals surface area contributed by atoms with Crippen molar-refractivity contribution in [3.05, 3.63) is 99.9 Å². The molecule has 378 valence electrons. The standard InChI is InChI=1S/C49H56ClN13O9/c1-26(2)42(58-37(64)10-6-5-7-24-63-38(65)21-22-39(63)66)48(70)53-27(3)45(67)56-32-18-19-33(34(25-32)44-59-61-62-60-44)47(69)52-23-8-9-36(49(71)72)57-46(68)31-15-12-29(13-16-31)11-14-30-17-20-35-40(41(30)50)43(51)55-28(4)54-35/h12-13,15-22,25-27,36,42H,5-11,14,23-24H2,1-4H3,(H,52,69)(H,53,70)(H,56,67)(H,57,68)(H,58,64)(H,71,72)(H2,51,54,55)(H,59,60,61,62)/t27-,36-,42-/m0/s1. The number of nitrogens with one attached hydrogen (secondary N) is 6. The molecule has 1 aliphatic heterocycles. The van der Waals surface area contributed by atoms with Crippen LogP contribution in [0.25, 0.3) is 22.3 Å². The van der Waals surface area contributed by atoms with Gasteiger partial charge in [0.05, 0.1) is 21.5 Å². The van der Waals surface area contributed by atoms with Gasteiger partial charge in [-0.2, -0.15) is 5.21 Å². The van der Waals surface area contributed by atoms with Crippen LogP contribution in [-0.2, 0) is 41.6 Å². The Bertz CT molecular complexity index is 2860. The van der Waals surface area contributed by atoms with Gasteiger partial charge >= 0.3 is 5.97 Å². The Morgan fingerprint density at radius 1 is 0.833 bits per heavy atom. The third-order valence-electron chi connectivity index (χ3n) is 11.8. The second-order valence-corrected chi connectivity index (χ2v) is 17.9. The summed E-state index contributed by atoms with van der Waals surface area (Å²) < 4.78 is 0. The van der Waals surface area contributed by atoms with Gasteiger partial charge < -0.3 is 37.4 Å². The zero-order chi connectivity index (χ0) is 52.1. The predicted molar refractivity (Wildman–Crippen MR) is 265 cm³/mol. The molecule has 3 atom stereocenters. The second kappa shape index (κ2) is 24.6. The summed E-state index contributed by atoms with van der Waals surface area (Å²) in [5.74, 6) is -4.07. The van der Waals surface area contributed by atoms with Gasteiger partial charge in [0.15, 0.2) is 0 Å². The van der Waals surface area contributed by atoms with Crippen molar-refractivity contribution in [2.24, 2.45) is 5.92 Å². The lowest BCUT2D eigenvalue weighted by Crippen LogP contribution is -2.53. The van der Waals surface area contributed by atoms with E-state index in [-0.39, 0.29) is 84.2 Å². The smallest absolute Gasteiger partial charge is 0.326 e. The number of hydrogen-bond acceptors (Lipinski definition) is 14. The number of nitrogens with two attached hydrogens (primary N) is 1. The van der Waals surface area contributed by atoms with Crippen molar-refractivity contribution in [3.63, 3.8) is 0 Å². The second-order valence-electron chi connectivity index (χ2n) is 17.5. The normalized spacial score (nSPS) is 13.4. The molecule has 1 aliphatic rings. The number of rotatable bonds is 24. The fraction of sp³-hybridized carbons (Fsp3) is 0.367. The molecule has 2 aromatic heterocycles. The Morgan fingerprint density at radius 2 is 1.57 bits per heavy atom. The van der Waals surface area contributed by atoms with E-state index in [1.54, 1.807) is 45.0 Å². The first-order chi connectivity index (χ1) is 34.4. The van der Waals surface area contributed by atoms with Crippen LogP contribution in [0.4, 0.5) is 11.5 Å². The Morgan fingerprint density at radius 3 is 2.25 bits per heavy atom. The number of carboxylic acid groups (broad SMARTS) is 1. The lowest BCUT2D eigenvalue weighted by atomic mass is 10.0. The highest BCUT2D eigenvalue weighted by Crippen LogP contribution is 2.31. The van der Waals surface area contributed by atoms with E-state index in [4.69, 9.17) is 17.3 Å². The van der Waals surface area contributed by atoms with Crippen molar-refractivity contribution in [2.75, 3.05) is 24.1 Å². The number of halogens is 1. The number of tetrazole rings is 1. The van der Waals surface area contributed by atoms with Gasteiger partial charge in [0.25, 0.3) is 23.6 Å². The first-order valence-corrected chi connectivity index (χ1v) is 23.7. The summed E-state index contributed by atoms with van der Waals surface area (Å²) >= 11 is 6.68. The average Bonchev–Trinajstić information content (AvgIpc) is 4.00. The van der Waals surface area contributed by atoms with Crippen LogP contribution in [0.3, 0.4) is 0 Å². The molecular weight excluding hydrogens is 950 g/mol. The van der Waals surface area contributed by atoms with Crippen molar-refractivity contribution in [3.8, 4) is 11.4 Å². The number of benzene rings is 3. The predicted octanol–water partition coefficient (Wildman–Crippen LogP) is 3.60. The van der Waals surface area contributed by atoms with Crippen LogP contribution in [0.5, 0.6) is 0 Å². The third-order valence-corrected chi connectivity index (χ3v) is 12.2. The first kappa shape index (κ1) is 53.2. The van der Waals surface area contributed by atoms with Gasteiger partial charge in [-0.1, -0.05) is 50.1 Å². The summed E-state index contributed by atoms with van der Waals surface area (Å²) in [6.07, 6.45) is 5.50. The molecule has 0 bridgehead atoms. The number of nitrogen functional groups attached to an aromatic ring is 1. The number of carbonyl (C=O) groups is 8. The van der Waals surface area contributed by atoms with Crippen molar-refractivity contribution in [2.45, 2.75) is 97.2 Å². The molecule has 3 aromatic carbocycles. The molecule has 3 heterocycles. The number of nitrogens with zero attached hydrogens (tertiary/aromatic N) is 6. The minimum Gasteiger partial charge on any atom is -0.480 e. The average molecular weight is 1010 g/mol. The van der Waals surface area contributed by atoms with Crippen LogP contribution in [0.15, 0.2) is 66.7 Å². The highest BCUT2D eigenvalue weighted by Gasteiger charge is 2.28. The molecular formula is C49H56ClN13O9. The number of fused-ring (bicyclic) bond motifs is 1. The Kier molecular flexibility index (Phi) is 18.2. The largest absolute Gasteiger partial charge is 0.480 e. The molecule has 7 amide bonds. The van der Waals surface area contributed by atoms with Crippen LogP contribution in [0, 0.1) is 12.8 Å². The van der Waals surface area contributed by atoms with Gasteiger partial charge in [0, 0.05) is 48.5 Å². The number of aromatic amines is 1. The number of anilines is 2. The van der Waals surface area contributed by atoms with E-state index < -0.39 is 47.7 Å². The van der Waals surface area contributed by atoms with E-state index in [0.717, 1.165) is 16.0 Å². The van der Waals surface area contributed by atoms with Crippen molar-refractivity contribution < 1.29 is 43.5 Å². The van der Waals surface area contributed by atoms with Crippen molar-refractivity contribution in [1.29, 1.82) is 0 Å². The minimum absolute atomic E-state index is 0.00410. The highest BCUT2D eigenvalue weighted by atomic mass is 35.5. The first-order valence-electron chi connectivity index (χ1n) is 23.3. The van der Waals surface area contributed by atoms with Crippen LogP contribution < -0.4 is 32.3 Å². The summed E-state index contributed by atoms with van der Waals surface area (Å²) in [7, 11) is 0. The van der Waals surface area contributed by atoms with E-state index in [1.165, 1.54) is 37.3 Å². The molecule has 0 radical (unpaired) electrons. The van der Waals surface area contributed by atoms with Gasteiger partial charge in [-0.15, -0.1) is 10.2 Å². The summed E-state index contributed by atoms with van der Waals surface area (Å²) in [5, 5.41) is 38.3. The van der Waals surface area contributed by atoms with Crippen LogP contribution in [0.2, 0.25) is 5.02 Å². The number of H-pyrrole nitrogens is 1. The summed E-state index contributed by atoms with van der Waals surface area (Å²) in [4.78, 5) is 111. The number of imide groups is 1. The maximum Gasteiger partial charge on any atom is 0.326 e. The molecule has 72 heavy (non-hydrogen) atoms. The number of carbonyl (C=O) groups excluding carboxylic acids is 7. The minimum atomic E-state index is -1.25. The molecule has 22 nitrogen and oxygen atoms in total. The fourth-order valence-electron chi connectivity index (χ4n) is 7.84. The number of unbranched alkanes of at least 4 members (excludes halogenated alkanes) is 2. The Hall–Kier alpha value is -8.14. The van der Waals surface area contributed by atoms with E-state index in [2.05, 4.69) is 57.2 Å². The van der Waals surface area contributed by atoms with Crippen LogP contribution in [0.1, 0.15) is 97.0 Å². The van der Waals surface area contributed by atoms with Crippen LogP contribution >= 0.6 is 11.6 Å². The quantitative estimate of drug-likeness (QED) is 0.0323. The van der Waals surface area contributed by atoms with E-state index in [9.17, 15) is 43.5 Å². The summed E-state index contributed by atoms with van der Waals surface area (Å²) in [6, 6.07) is 11.7. The van der Waals surface area contributed by atoms with E-state index >= 15 is 0 Å². The number of amides is 7. The molecule has 5 aromatic rings. The summed E-state index contributed by atoms with van der Waals surface area (Å²) in [5.41, 5.74) is 9.39. The van der Waals surface area contributed by atoms with Crippen molar-refractivity contribution >= 4 is 81.3 Å². The van der Waals surface area contributed by atoms with Gasteiger partial charge in [0.2, 0.25) is 23.5 Å². The number of aromatic nitrogens is 6. The third kappa shape index (κ3) is 14.0. The monoisotopic (exact) mass is 1010 g/mol. The number of aliphatic carboxylic acids is 1. The van der Waals surface area contributed by atoms with Crippen LogP contribution in [-0.4, -0.2) is 119 Å². The summed E-state index contributed by atoms with van der Waals surface area (Å²) in [6.45, 7) is 7.02. The molecule has 6 rings (SSSR count). The molecule has 23 heteroatoms. The fourth-order valence-corrected chi connectivity index (χ4v) is 8.19. The molecule has 0 aliphatic carbocycles. The lowest BCUT2D eigenvalue weighted by Gasteiger charge is -2.24. The number of aryl methyl sites for hydroxylation is 3. The molecule has 0 saturated carbocycles. The van der Waals surface area contributed by atoms with Gasteiger partial charge in [0.1, 0.15) is 29.8 Å². The number of carboxylic acids is 1. The van der Waals surface area contributed by atoms with E-state index in [0.29, 0.717) is 59.7 Å². The molecule has 0 saturated heterocycles. The maximum absolute atomic E-state index is 13.5.